The molecule has 3 rings (SSSR count). The van der Waals surface area contributed by atoms with Gasteiger partial charge in [-0.05, 0) is 36.3 Å². The van der Waals surface area contributed by atoms with Crippen LogP contribution in [0.2, 0.25) is 0 Å². The second kappa shape index (κ2) is 9.07. The number of hydrogen-bond acceptors (Lipinski definition) is 4. The molecule has 0 radical (unpaired) electrons. The van der Waals surface area contributed by atoms with E-state index in [-0.39, 0.29) is 16.7 Å². The molecule has 0 atom stereocenters. The third kappa shape index (κ3) is 4.83. The lowest BCUT2D eigenvalue weighted by atomic mass is 9.90. The first kappa shape index (κ1) is 20.2. The van der Waals surface area contributed by atoms with Gasteiger partial charge in [0.15, 0.2) is 5.11 Å². The number of nitrogens with one attached hydrogen (secondary N) is 2. The highest BCUT2D eigenvalue weighted by atomic mass is 32.1. The molecule has 7 heteroatoms. The Morgan fingerprint density at radius 1 is 0.931 bits per heavy atom. The summed E-state index contributed by atoms with van der Waals surface area (Å²) in [6.45, 7) is 1.63. The van der Waals surface area contributed by atoms with Crippen molar-refractivity contribution in [2.45, 2.75) is 12.8 Å². The number of thiocarbonyl (C=S) groups is 1. The molecule has 0 aliphatic heterocycles. The van der Waals surface area contributed by atoms with E-state index in [0.717, 1.165) is 11.1 Å². The Hall–Kier alpha value is -3.58. The Balaban J connectivity index is 1.81. The van der Waals surface area contributed by atoms with Crippen LogP contribution in [0.15, 0.2) is 78.9 Å². The molecular weight excluding hydrogens is 386 g/mol. The van der Waals surface area contributed by atoms with E-state index in [1.807, 2.05) is 60.7 Å². The maximum atomic E-state index is 13.1. The number of hydrogen-bond donors (Lipinski definition) is 2. The molecule has 6 nitrogen and oxygen atoms in total. The maximum Gasteiger partial charge on any atom is 0.274 e. The van der Waals surface area contributed by atoms with Gasteiger partial charge in [0.2, 0.25) is 5.91 Å². The normalized spacial score (nSPS) is 10.4. The van der Waals surface area contributed by atoms with Crippen molar-refractivity contribution in [1.82, 2.24) is 5.32 Å². The van der Waals surface area contributed by atoms with Gasteiger partial charge in [-0.1, -0.05) is 66.7 Å². The summed E-state index contributed by atoms with van der Waals surface area (Å²) in [5, 5.41) is 16.8. The standard InChI is InChI=1S/C22H19N3O3S/c1-15-18(13-8-14-19(15)25(27)28)23-22(29)24-21(26)20(16-9-4-2-5-10-16)17-11-6-3-7-12-17/h2-14,20H,1H3,(H2,23,24,26,29). The van der Waals surface area contributed by atoms with E-state index in [1.54, 1.807) is 19.1 Å². The summed E-state index contributed by atoms with van der Waals surface area (Å²) in [4.78, 5) is 23.7. The van der Waals surface area contributed by atoms with Crippen LogP contribution < -0.4 is 10.6 Å². The molecule has 2 N–H and O–H groups in total. The number of benzene rings is 3. The molecule has 29 heavy (non-hydrogen) atoms. The molecule has 0 bridgehead atoms. The third-order valence-corrected chi connectivity index (χ3v) is 4.72. The van der Waals surface area contributed by atoms with E-state index in [4.69, 9.17) is 12.2 Å². The molecule has 0 unspecified atom stereocenters. The van der Waals surface area contributed by atoms with Gasteiger partial charge in [-0.15, -0.1) is 0 Å². The zero-order valence-electron chi connectivity index (χ0n) is 15.7. The quantitative estimate of drug-likeness (QED) is 0.370. The molecule has 0 aliphatic rings. The first-order chi connectivity index (χ1) is 14.0. The van der Waals surface area contributed by atoms with Crippen LogP contribution in [0.3, 0.4) is 0 Å². The highest BCUT2D eigenvalue weighted by molar-refractivity contribution is 7.80. The second-order valence-electron chi connectivity index (χ2n) is 6.40. The molecular formula is C22H19N3O3S. The van der Waals surface area contributed by atoms with Gasteiger partial charge in [0.05, 0.1) is 22.1 Å². The van der Waals surface area contributed by atoms with Gasteiger partial charge in [0.1, 0.15) is 0 Å². The van der Waals surface area contributed by atoms with Gasteiger partial charge in [0.25, 0.3) is 5.69 Å². The molecule has 3 aromatic rings. The van der Waals surface area contributed by atoms with Crippen molar-refractivity contribution in [2.75, 3.05) is 5.32 Å². The zero-order valence-corrected chi connectivity index (χ0v) is 16.5. The summed E-state index contributed by atoms with van der Waals surface area (Å²) in [5.74, 6) is -0.827. The van der Waals surface area contributed by atoms with E-state index in [0.29, 0.717) is 11.3 Å². The molecule has 0 saturated heterocycles. The van der Waals surface area contributed by atoms with Crippen molar-refractivity contribution in [3.05, 3.63) is 106 Å². The van der Waals surface area contributed by atoms with Crippen molar-refractivity contribution < 1.29 is 9.72 Å². The summed E-state index contributed by atoms with van der Waals surface area (Å²) in [7, 11) is 0. The number of carbonyl (C=O) groups is 1. The molecule has 0 saturated carbocycles. The minimum absolute atomic E-state index is 0.0180. The SMILES string of the molecule is Cc1c(NC(=S)NC(=O)C(c2ccccc2)c2ccccc2)cccc1[N+](=O)[O-]. The van der Waals surface area contributed by atoms with Crippen molar-refractivity contribution in [3.63, 3.8) is 0 Å². The number of nitro benzene ring substituents is 1. The molecule has 0 heterocycles. The van der Waals surface area contributed by atoms with E-state index >= 15 is 0 Å². The number of carbonyl (C=O) groups excluding carboxylic acids is 1. The Morgan fingerprint density at radius 2 is 1.48 bits per heavy atom. The van der Waals surface area contributed by atoms with Crippen molar-refractivity contribution >= 4 is 34.6 Å². The molecule has 0 aromatic heterocycles. The maximum absolute atomic E-state index is 13.1. The summed E-state index contributed by atoms with van der Waals surface area (Å²) in [5.41, 5.74) is 2.57. The largest absolute Gasteiger partial charge is 0.332 e. The van der Waals surface area contributed by atoms with E-state index < -0.39 is 10.8 Å². The molecule has 3 aromatic carbocycles. The number of rotatable bonds is 5. The van der Waals surface area contributed by atoms with Crippen molar-refractivity contribution in [3.8, 4) is 0 Å². The van der Waals surface area contributed by atoms with Crippen molar-refractivity contribution in [1.29, 1.82) is 0 Å². The molecule has 0 fully saturated rings. The van der Waals surface area contributed by atoms with Gasteiger partial charge in [-0.25, -0.2) is 0 Å². The predicted octanol–water partition coefficient (Wildman–Crippen LogP) is 4.55. The zero-order chi connectivity index (χ0) is 20.8. The third-order valence-electron chi connectivity index (χ3n) is 4.51. The topological polar surface area (TPSA) is 84.3 Å². The number of nitro groups is 1. The lowest BCUT2D eigenvalue weighted by Gasteiger charge is -2.19. The van der Waals surface area contributed by atoms with Crippen LogP contribution >= 0.6 is 12.2 Å². The Bertz CT molecular complexity index is 1000. The minimum atomic E-state index is -0.539. The Morgan fingerprint density at radius 3 is 2.00 bits per heavy atom. The molecule has 0 spiro atoms. The lowest BCUT2D eigenvalue weighted by Crippen LogP contribution is -2.38. The van der Waals surface area contributed by atoms with Gasteiger partial charge >= 0.3 is 0 Å². The predicted molar refractivity (Wildman–Crippen MR) is 117 cm³/mol. The van der Waals surface area contributed by atoms with Crippen LogP contribution in [-0.2, 0) is 4.79 Å². The van der Waals surface area contributed by atoms with Crippen molar-refractivity contribution in [2.24, 2.45) is 0 Å². The van der Waals surface area contributed by atoms with Gasteiger partial charge in [-0.3, -0.25) is 14.9 Å². The monoisotopic (exact) mass is 405 g/mol. The number of nitrogens with zero attached hydrogens (tertiary/aromatic N) is 1. The fraction of sp³-hybridized carbons (Fsp3) is 0.0909. The first-order valence-corrected chi connectivity index (χ1v) is 9.34. The number of amides is 1. The van der Waals surface area contributed by atoms with E-state index in [1.165, 1.54) is 6.07 Å². The molecule has 1 amide bonds. The van der Waals surface area contributed by atoms with Crippen LogP contribution in [0.25, 0.3) is 0 Å². The van der Waals surface area contributed by atoms with Gasteiger partial charge < -0.3 is 10.6 Å². The second-order valence-corrected chi connectivity index (χ2v) is 6.81. The van der Waals surface area contributed by atoms with Crippen LogP contribution in [-0.4, -0.2) is 15.9 Å². The van der Waals surface area contributed by atoms with Gasteiger partial charge in [0, 0.05) is 6.07 Å². The van der Waals surface area contributed by atoms with E-state index in [9.17, 15) is 14.9 Å². The van der Waals surface area contributed by atoms with Crippen LogP contribution in [0.4, 0.5) is 11.4 Å². The average molecular weight is 405 g/mol. The highest BCUT2D eigenvalue weighted by Crippen LogP contribution is 2.26. The summed E-state index contributed by atoms with van der Waals surface area (Å²) in [6, 6.07) is 23.5. The first-order valence-electron chi connectivity index (χ1n) is 8.93. The Labute approximate surface area is 173 Å². The van der Waals surface area contributed by atoms with Gasteiger partial charge in [-0.2, -0.15) is 0 Å². The fourth-order valence-corrected chi connectivity index (χ4v) is 3.29. The summed E-state index contributed by atoms with van der Waals surface area (Å²) >= 11 is 5.29. The van der Waals surface area contributed by atoms with Crippen LogP contribution in [0.5, 0.6) is 0 Å². The Kier molecular flexibility index (Phi) is 6.31. The minimum Gasteiger partial charge on any atom is -0.332 e. The summed E-state index contributed by atoms with van der Waals surface area (Å²) in [6.07, 6.45) is 0. The summed E-state index contributed by atoms with van der Waals surface area (Å²) < 4.78 is 0. The molecule has 0 aliphatic carbocycles. The van der Waals surface area contributed by atoms with Crippen LogP contribution in [0.1, 0.15) is 22.6 Å². The fourth-order valence-electron chi connectivity index (χ4n) is 3.08. The lowest BCUT2D eigenvalue weighted by molar-refractivity contribution is -0.385. The average Bonchev–Trinajstić information content (AvgIpc) is 2.71. The highest BCUT2D eigenvalue weighted by Gasteiger charge is 2.23. The smallest absolute Gasteiger partial charge is 0.274 e. The number of anilines is 1. The van der Waals surface area contributed by atoms with E-state index in [2.05, 4.69) is 10.6 Å². The molecule has 146 valence electrons. The van der Waals surface area contributed by atoms with Crippen LogP contribution in [0, 0.1) is 17.0 Å².